The summed E-state index contributed by atoms with van der Waals surface area (Å²) >= 11 is 0. The number of aromatic amines is 1. The number of aromatic nitrogens is 2. The third-order valence-corrected chi connectivity index (χ3v) is 5.22. The highest BCUT2D eigenvalue weighted by molar-refractivity contribution is 5.87. The van der Waals surface area contributed by atoms with Crippen LogP contribution in [0, 0.1) is 11.8 Å². The molecule has 2 aliphatic rings. The maximum Gasteiger partial charge on any atom is 0.271 e. The van der Waals surface area contributed by atoms with Crippen LogP contribution in [-0.2, 0) is 4.79 Å². The van der Waals surface area contributed by atoms with Crippen LogP contribution in [0.1, 0.15) is 12.8 Å². The number of H-pyrrole nitrogens is 1. The molecule has 2 fully saturated rings. The van der Waals surface area contributed by atoms with E-state index in [-0.39, 0.29) is 17.5 Å². The molecule has 0 bridgehead atoms. The quantitative estimate of drug-likeness (QED) is 0.784. The number of rotatable bonds is 6. The molecule has 0 aromatic carbocycles. The smallest absolute Gasteiger partial charge is 0.271 e. The van der Waals surface area contributed by atoms with Gasteiger partial charge in [-0.3, -0.25) is 14.6 Å². The van der Waals surface area contributed by atoms with Gasteiger partial charge in [-0.15, -0.1) is 0 Å². The van der Waals surface area contributed by atoms with E-state index < -0.39 is 0 Å². The zero-order valence-corrected chi connectivity index (χ0v) is 14.5. The second-order valence-corrected chi connectivity index (χ2v) is 7.06. The van der Waals surface area contributed by atoms with Crippen molar-refractivity contribution in [3.05, 3.63) is 59.7 Å². The minimum atomic E-state index is -0.131. The topological polar surface area (TPSA) is 78.1 Å². The Hall–Kier alpha value is -2.89. The predicted molar refractivity (Wildman–Crippen MR) is 101 cm³/mol. The molecule has 6 nitrogen and oxygen atoms in total. The van der Waals surface area contributed by atoms with Gasteiger partial charge in [-0.05, 0) is 43.0 Å². The summed E-state index contributed by atoms with van der Waals surface area (Å²) in [5.74, 6) is 0.911. The molecule has 1 unspecified atom stereocenters. The Balaban J connectivity index is 1.52. The highest BCUT2D eigenvalue weighted by Gasteiger charge is 2.43. The van der Waals surface area contributed by atoms with Crippen LogP contribution in [0.15, 0.2) is 54.1 Å². The lowest BCUT2D eigenvalue weighted by Crippen LogP contribution is -2.56. The molecule has 26 heavy (non-hydrogen) atoms. The van der Waals surface area contributed by atoms with E-state index in [0.29, 0.717) is 17.5 Å². The highest BCUT2D eigenvalue weighted by Crippen LogP contribution is 2.40. The molecule has 0 spiro atoms. The van der Waals surface area contributed by atoms with E-state index >= 15 is 0 Å². The molecule has 134 valence electrons. The number of nitrogens with zero attached hydrogens (tertiary/aromatic N) is 2. The van der Waals surface area contributed by atoms with Crippen molar-refractivity contribution >= 4 is 11.6 Å². The van der Waals surface area contributed by atoms with E-state index in [1.807, 2.05) is 24.3 Å². The lowest BCUT2D eigenvalue weighted by molar-refractivity contribution is -0.132. The number of likely N-dealkylation sites (tertiary alicyclic amines) is 1. The van der Waals surface area contributed by atoms with E-state index in [1.54, 1.807) is 17.3 Å². The van der Waals surface area contributed by atoms with Gasteiger partial charge in [0.2, 0.25) is 5.91 Å². The summed E-state index contributed by atoms with van der Waals surface area (Å²) in [6, 6.07) is 7.78. The molecule has 1 saturated heterocycles. The number of carbonyl (C=O) groups is 1. The Morgan fingerprint density at radius 2 is 2.15 bits per heavy atom. The van der Waals surface area contributed by atoms with Crippen LogP contribution >= 0.6 is 0 Å². The fraction of sp³-hybridized carbons (Fsp3) is 0.350. The van der Waals surface area contributed by atoms with Gasteiger partial charge in [-0.1, -0.05) is 12.6 Å². The Morgan fingerprint density at radius 1 is 1.35 bits per heavy atom. The van der Waals surface area contributed by atoms with Crippen molar-refractivity contribution in [3.8, 4) is 11.3 Å². The lowest BCUT2D eigenvalue weighted by Gasteiger charge is -2.43. The largest absolute Gasteiger partial charge is 0.377 e. The monoisotopic (exact) mass is 350 g/mol. The molecular weight excluding hydrogens is 328 g/mol. The van der Waals surface area contributed by atoms with Crippen LogP contribution in [0.3, 0.4) is 0 Å². The van der Waals surface area contributed by atoms with Gasteiger partial charge >= 0.3 is 0 Å². The first kappa shape index (κ1) is 16.6. The van der Waals surface area contributed by atoms with Crippen molar-refractivity contribution in [3.63, 3.8) is 0 Å². The number of amides is 1. The molecule has 1 aliphatic heterocycles. The van der Waals surface area contributed by atoms with Crippen LogP contribution in [0.2, 0.25) is 0 Å². The minimum absolute atomic E-state index is 0.0224. The normalized spacial score (nSPS) is 18.1. The number of nitrogens with one attached hydrogen (secondary N) is 2. The lowest BCUT2D eigenvalue weighted by atomic mass is 9.88. The van der Waals surface area contributed by atoms with E-state index in [0.717, 1.165) is 24.3 Å². The van der Waals surface area contributed by atoms with Gasteiger partial charge in [0.1, 0.15) is 5.69 Å². The van der Waals surface area contributed by atoms with E-state index in [4.69, 9.17) is 0 Å². The van der Waals surface area contributed by atoms with Crippen LogP contribution in [0.4, 0.5) is 5.69 Å². The van der Waals surface area contributed by atoms with Crippen LogP contribution in [0.25, 0.3) is 11.3 Å². The first-order valence-corrected chi connectivity index (χ1v) is 8.97. The molecule has 0 radical (unpaired) electrons. The molecule has 3 heterocycles. The summed E-state index contributed by atoms with van der Waals surface area (Å²) in [6.45, 7) is 4.98. The molecular formula is C20H22N4O2. The Morgan fingerprint density at radius 3 is 2.81 bits per heavy atom. The van der Waals surface area contributed by atoms with E-state index in [2.05, 4.69) is 21.9 Å². The second-order valence-electron chi connectivity index (χ2n) is 7.06. The fourth-order valence-electron chi connectivity index (χ4n) is 3.58. The van der Waals surface area contributed by atoms with Crippen molar-refractivity contribution in [1.82, 2.24) is 14.9 Å². The molecule has 2 aromatic rings. The van der Waals surface area contributed by atoms with Gasteiger partial charge in [0.25, 0.3) is 5.56 Å². The van der Waals surface area contributed by atoms with Gasteiger partial charge in [-0.2, -0.15) is 0 Å². The summed E-state index contributed by atoms with van der Waals surface area (Å²) < 4.78 is 0. The Bertz CT molecular complexity index is 867. The second kappa shape index (κ2) is 6.78. The minimum Gasteiger partial charge on any atom is -0.377 e. The van der Waals surface area contributed by atoms with Gasteiger partial charge < -0.3 is 15.2 Å². The van der Waals surface area contributed by atoms with Gasteiger partial charge in [0.15, 0.2) is 0 Å². The number of hydrogen-bond donors (Lipinski definition) is 2. The predicted octanol–water partition coefficient (Wildman–Crippen LogP) is 2.27. The number of carbonyl (C=O) groups excluding carboxylic acids is 1. The van der Waals surface area contributed by atoms with Crippen LogP contribution in [0.5, 0.6) is 0 Å². The first-order valence-electron chi connectivity index (χ1n) is 8.97. The maximum absolute atomic E-state index is 12.3. The van der Waals surface area contributed by atoms with Gasteiger partial charge in [-0.25, -0.2) is 0 Å². The average Bonchev–Trinajstić information content (AvgIpc) is 3.46. The molecule has 1 amide bonds. The molecule has 1 saturated carbocycles. The fourth-order valence-corrected chi connectivity index (χ4v) is 3.58. The van der Waals surface area contributed by atoms with Crippen molar-refractivity contribution in [2.24, 2.45) is 11.8 Å². The van der Waals surface area contributed by atoms with E-state index in [9.17, 15) is 9.59 Å². The first-order chi connectivity index (χ1) is 12.7. The van der Waals surface area contributed by atoms with Crippen molar-refractivity contribution in [2.75, 3.05) is 18.4 Å². The molecule has 4 rings (SSSR count). The number of anilines is 1. The van der Waals surface area contributed by atoms with Crippen molar-refractivity contribution in [1.29, 1.82) is 0 Å². The van der Waals surface area contributed by atoms with Gasteiger partial charge in [0, 0.05) is 43.0 Å². The zero-order chi connectivity index (χ0) is 18.1. The molecule has 2 N–H and O–H groups in total. The summed E-state index contributed by atoms with van der Waals surface area (Å²) in [5.41, 5.74) is 2.13. The molecule has 1 aliphatic carbocycles. The molecule has 1 atom stereocenters. The standard InChI is InChI=1S/C20H22N4O2/c1-2-18(25)24-11-15(12-24)19(13-6-7-13)23-17-9-14(10-22-20(17)26)16-5-3-4-8-21-16/h2-5,8-10,13,15,19,23H,1,6-7,11-12H2,(H,22,26). The summed E-state index contributed by atoms with van der Waals surface area (Å²) in [4.78, 5) is 32.9. The number of hydrogen-bond acceptors (Lipinski definition) is 4. The van der Waals surface area contributed by atoms with Crippen LogP contribution in [-0.4, -0.2) is 39.9 Å². The Labute approximate surface area is 152 Å². The van der Waals surface area contributed by atoms with Crippen molar-refractivity contribution < 1.29 is 4.79 Å². The average molecular weight is 350 g/mol. The Kier molecular flexibility index (Phi) is 4.32. The van der Waals surface area contributed by atoms with E-state index in [1.165, 1.54) is 18.9 Å². The maximum atomic E-state index is 12.3. The SMILES string of the molecule is C=CC(=O)N1CC(C(Nc2cc(-c3ccccn3)c[nH]c2=O)C2CC2)C1. The number of pyridine rings is 2. The summed E-state index contributed by atoms with van der Waals surface area (Å²) in [6.07, 6.45) is 7.12. The highest BCUT2D eigenvalue weighted by atomic mass is 16.2. The summed E-state index contributed by atoms with van der Waals surface area (Å²) in [5, 5.41) is 3.46. The third-order valence-electron chi connectivity index (χ3n) is 5.22. The summed E-state index contributed by atoms with van der Waals surface area (Å²) in [7, 11) is 0. The molecule has 2 aromatic heterocycles. The van der Waals surface area contributed by atoms with Gasteiger partial charge in [0.05, 0.1) is 5.69 Å². The van der Waals surface area contributed by atoms with Crippen LogP contribution < -0.4 is 10.9 Å². The zero-order valence-electron chi connectivity index (χ0n) is 14.5. The third kappa shape index (κ3) is 3.27. The molecule has 6 heteroatoms. The van der Waals surface area contributed by atoms with Crippen molar-refractivity contribution in [2.45, 2.75) is 18.9 Å².